The third-order valence-corrected chi connectivity index (χ3v) is 7.34. The van der Waals surface area contributed by atoms with Gasteiger partial charge in [0.05, 0.1) is 12.9 Å². The molecule has 0 bridgehead atoms. The number of nitrogens with zero attached hydrogens (tertiary/aromatic N) is 5. The van der Waals surface area contributed by atoms with Gasteiger partial charge in [0.25, 0.3) is 0 Å². The van der Waals surface area contributed by atoms with Crippen molar-refractivity contribution >= 4 is 23.1 Å². The average Bonchev–Trinajstić information content (AvgIpc) is 3.53. The minimum atomic E-state index is -0.952. The van der Waals surface area contributed by atoms with E-state index in [2.05, 4.69) is 53.2 Å². The molecule has 3 unspecified atom stereocenters. The molecule has 1 aromatic carbocycles. The number of benzene rings is 1. The molecule has 40 heavy (non-hydrogen) atoms. The number of nitrogen functional groups attached to an aromatic ring is 1. The van der Waals surface area contributed by atoms with Gasteiger partial charge in [-0.15, -0.1) is 0 Å². The Bertz CT molecular complexity index is 1350. The van der Waals surface area contributed by atoms with E-state index in [9.17, 15) is 4.79 Å². The Morgan fingerprint density at radius 2 is 1.98 bits per heavy atom. The van der Waals surface area contributed by atoms with Gasteiger partial charge in [-0.1, -0.05) is 45.0 Å². The Labute approximate surface area is 234 Å². The minimum absolute atomic E-state index is 0.0897. The predicted molar refractivity (Wildman–Crippen MR) is 148 cm³/mol. The molecule has 0 aliphatic carbocycles. The molecule has 5 rings (SSSR count). The highest BCUT2D eigenvalue weighted by atomic mass is 16.8. The van der Waals surface area contributed by atoms with Crippen molar-refractivity contribution < 1.29 is 23.7 Å². The number of nitrogens with two attached hydrogens (primary N) is 1. The van der Waals surface area contributed by atoms with Crippen molar-refractivity contribution in [3.8, 4) is 0 Å². The molecule has 1 amide bonds. The number of imidazole rings is 1. The topological polar surface area (TPSA) is 139 Å². The van der Waals surface area contributed by atoms with Crippen LogP contribution in [0.1, 0.15) is 45.7 Å². The first kappa shape index (κ1) is 28.2. The van der Waals surface area contributed by atoms with Crippen LogP contribution >= 0.6 is 0 Å². The third-order valence-electron chi connectivity index (χ3n) is 7.34. The molecule has 3 aromatic rings. The molecular weight excluding hydrogens is 514 g/mol. The second-order valence-corrected chi connectivity index (χ2v) is 12.0. The van der Waals surface area contributed by atoms with Crippen molar-refractivity contribution in [3.05, 3.63) is 48.0 Å². The summed E-state index contributed by atoms with van der Waals surface area (Å²) in [6.07, 6.45) is 1.88. The number of anilines is 1. The summed E-state index contributed by atoms with van der Waals surface area (Å²) < 4.78 is 26.2. The lowest BCUT2D eigenvalue weighted by molar-refractivity contribution is -0.205. The number of aromatic nitrogens is 4. The zero-order valence-corrected chi connectivity index (χ0v) is 24.0. The molecule has 3 atom stereocenters. The van der Waals surface area contributed by atoms with Crippen LogP contribution in [0.3, 0.4) is 0 Å². The number of alkyl carbamates (subject to hydrolysis) is 1. The lowest BCUT2D eigenvalue weighted by Gasteiger charge is -2.29. The van der Waals surface area contributed by atoms with Crippen LogP contribution in [0.15, 0.2) is 36.9 Å². The number of hydrogen-bond donors (Lipinski definition) is 2. The maximum Gasteiger partial charge on any atom is 0.407 e. The van der Waals surface area contributed by atoms with E-state index in [0.717, 1.165) is 5.56 Å². The monoisotopic (exact) mass is 553 g/mol. The number of nitrogens with one attached hydrogen (secondary N) is 1. The Balaban J connectivity index is 1.14. The number of hydrogen-bond acceptors (Lipinski definition) is 10. The van der Waals surface area contributed by atoms with Crippen LogP contribution < -0.4 is 11.1 Å². The van der Waals surface area contributed by atoms with E-state index in [1.807, 2.05) is 42.5 Å². The molecule has 0 radical (unpaired) electrons. The molecule has 2 saturated heterocycles. The predicted octanol–water partition coefficient (Wildman–Crippen LogP) is 2.77. The molecule has 4 heterocycles. The van der Waals surface area contributed by atoms with Crippen LogP contribution in [0.5, 0.6) is 0 Å². The van der Waals surface area contributed by atoms with Crippen LogP contribution in [0, 0.1) is 0 Å². The standard InChI is InChI=1S/C28H39N7O5/c1-26(2,3)19-9-7-18(8-10-19)13-30-25(36)37-12-11-34(6)14-20-22-28(15-38-20,40-27(4,5)39-22)35-17-33-21-23(29)31-16-32-24(21)35/h7-10,16-17,20,22H,11-15H2,1-6H3,(H,30,36)(H2,29,31,32). The lowest BCUT2D eigenvalue weighted by Crippen LogP contribution is -2.46. The second-order valence-electron chi connectivity index (χ2n) is 12.0. The molecule has 2 fully saturated rings. The van der Waals surface area contributed by atoms with E-state index in [1.165, 1.54) is 11.9 Å². The fourth-order valence-corrected chi connectivity index (χ4v) is 5.27. The maximum atomic E-state index is 12.3. The van der Waals surface area contributed by atoms with Gasteiger partial charge in [0.1, 0.15) is 30.7 Å². The number of ether oxygens (including phenoxy) is 4. The maximum absolute atomic E-state index is 12.3. The number of carbonyl (C=O) groups excluding carboxylic acids is 1. The summed E-state index contributed by atoms with van der Waals surface area (Å²) in [5.41, 5.74) is 8.47. The third kappa shape index (κ3) is 5.62. The summed E-state index contributed by atoms with van der Waals surface area (Å²) in [7, 11) is 1.95. The van der Waals surface area contributed by atoms with Gasteiger partial charge >= 0.3 is 6.09 Å². The SMILES string of the molecule is CN(CCOC(=O)NCc1ccc(C(C)(C)C)cc1)CC1OCC2(n3cnc4c(N)ncnc43)OC(C)(C)OC12. The van der Waals surface area contributed by atoms with Crippen molar-refractivity contribution in [2.75, 3.05) is 39.1 Å². The average molecular weight is 554 g/mol. The first-order valence-corrected chi connectivity index (χ1v) is 13.5. The Morgan fingerprint density at radius 3 is 2.70 bits per heavy atom. The van der Waals surface area contributed by atoms with Crippen molar-refractivity contribution in [1.29, 1.82) is 0 Å². The van der Waals surface area contributed by atoms with Gasteiger partial charge in [-0.3, -0.25) is 4.57 Å². The highest BCUT2D eigenvalue weighted by Crippen LogP contribution is 2.47. The van der Waals surface area contributed by atoms with Crippen LogP contribution in [0.25, 0.3) is 11.2 Å². The molecule has 0 saturated carbocycles. The fraction of sp³-hybridized carbons (Fsp3) is 0.571. The fourth-order valence-electron chi connectivity index (χ4n) is 5.27. The van der Waals surface area contributed by atoms with Gasteiger partial charge < -0.3 is 34.9 Å². The zero-order chi connectivity index (χ0) is 28.7. The molecule has 12 heteroatoms. The normalized spacial score (nSPS) is 24.0. The van der Waals surface area contributed by atoms with Crippen molar-refractivity contribution in [2.45, 2.75) is 70.3 Å². The summed E-state index contributed by atoms with van der Waals surface area (Å²) in [6.45, 7) is 12.2. The highest BCUT2D eigenvalue weighted by molar-refractivity contribution is 5.81. The van der Waals surface area contributed by atoms with Gasteiger partial charge in [0.2, 0.25) is 5.72 Å². The van der Waals surface area contributed by atoms with Crippen molar-refractivity contribution in [1.82, 2.24) is 29.7 Å². The quantitative estimate of drug-likeness (QED) is 0.428. The Hall–Kier alpha value is -3.32. The van der Waals surface area contributed by atoms with Gasteiger partial charge in [0, 0.05) is 19.6 Å². The minimum Gasteiger partial charge on any atom is -0.448 e. The first-order valence-electron chi connectivity index (χ1n) is 13.5. The summed E-state index contributed by atoms with van der Waals surface area (Å²) in [6, 6.07) is 8.24. The van der Waals surface area contributed by atoms with Gasteiger partial charge in [-0.2, -0.15) is 0 Å². The van der Waals surface area contributed by atoms with Crippen LogP contribution in [-0.4, -0.2) is 81.9 Å². The zero-order valence-electron chi connectivity index (χ0n) is 24.0. The highest BCUT2D eigenvalue weighted by Gasteiger charge is 2.63. The van der Waals surface area contributed by atoms with E-state index in [4.69, 9.17) is 24.7 Å². The van der Waals surface area contributed by atoms with Crippen LogP contribution in [0.4, 0.5) is 10.6 Å². The van der Waals surface area contributed by atoms with E-state index in [1.54, 1.807) is 6.33 Å². The molecule has 12 nitrogen and oxygen atoms in total. The van der Waals surface area contributed by atoms with E-state index in [0.29, 0.717) is 36.6 Å². The Morgan fingerprint density at radius 1 is 1.23 bits per heavy atom. The summed E-state index contributed by atoms with van der Waals surface area (Å²) in [5, 5.41) is 2.81. The molecular formula is C28H39N7O5. The number of rotatable bonds is 8. The largest absolute Gasteiger partial charge is 0.448 e. The molecule has 0 spiro atoms. The summed E-state index contributed by atoms with van der Waals surface area (Å²) >= 11 is 0. The van der Waals surface area contributed by atoms with Gasteiger partial charge in [-0.05, 0) is 37.4 Å². The molecule has 3 N–H and O–H groups in total. The number of likely N-dealkylation sites (N-methyl/N-ethyl adjacent to an activating group) is 1. The summed E-state index contributed by atoms with van der Waals surface area (Å²) in [4.78, 5) is 27.1. The van der Waals surface area contributed by atoms with Gasteiger partial charge in [-0.25, -0.2) is 19.7 Å². The Kier molecular flexibility index (Phi) is 7.47. The van der Waals surface area contributed by atoms with Crippen molar-refractivity contribution in [3.63, 3.8) is 0 Å². The number of amides is 1. The van der Waals surface area contributed by atoms with Crippen LogP contribution in [-0.2, 0) is 36.6 Å². The molecule has 216 valence electrons. The number of fused-ring (bicyclic) bond motifs is 2. The smallest absolute Gasteiger partial charge is 0.407 e. The first-order chi connectivity index (χ1) is 18.9. The molecule has 2 aliphatic heterocycles. The van der Waals surface area contributed by atoms with Crippen LogP contribution in [0.2, 0.25) is 0 Å². The molecule has 2 aromatic heterocycles. The van der Waals surface area contributed by atoms with E-state index >= 15 is 0 Å². The van der Waals surface area contributed by atoms with Gasteiger partial charge in [0.15, 0.2) is 17.3 Å². The van der Waals surface area contributed by atoms with Crippen molar-refractivity contribution in [2.24, 2.45) is 0 Å². The molecule has 2 aliphatic rings. The second kappa shape index (κ2) is 10.6. The van der Waals surface area contributed by atoms with E-state index < -0.39 is 23.7 Å². The van der Waals surface area contributed by atoms with E-state index in [-0.39, 0.29) is 24.7 Å². The lowest BCUT2D eigenvalue weighted by atomic mass is 9.87. The summed E-state index contributed by atoms with van der Waals surface area (Å²) in [5.74, 6) is -0.540. The number of carbonyl (C=O) groups is 1.